The molecule has 5 heterocycles. The number of alkyl halides is 2. The van der Waals surface area contributed by atoms with E-state index in [1.54, 1.807) is 0 Å². The van der Waals surface area contributed by atoms with Crippen molar-refractivity contribution in [3.63, 3.8) is 0 Å². The molecule has 3 saturated heterocycles. The number of hydrogen-bond donors (Lipinski definition) is 1. The van der Waals surface area contributed by atoms with Crippen LogP contribution in [0.2, 0.25) is 5.02 Å². The second-order valence-corrected chi connectivity index (χ2v) is 13.9. The van der Waals surface area contributed by atoms with E-state index in [9.17, 15) is 8.78 Å². The van der Waals surface area contributed by atoms with Gasteiger partial charge in [-0.2, -0.15) is 5.10 Å². The number of anilines is 2. The van der Waals surface area contributed by atoms with E-state index in [0.29, 0.717) is 23.8 Å². The number of aromatic nitrogens is 4. The number of ether oxygens (including phenoxy) is 1. The summed E-state index contributed by atoms with van der Waals surface area (Å²) < 4.78 is 34.1. The standard InChI is InChI=1S/C30H36ClF2N7O/c1-28(17-41-18-28)39-6-3-19(4-7-39)22-9-25-20(8-24(22)31)11-34-27(37-25)36-21-12-35-40(13-21)26-10-29(5-2-23(26)29)14-38-15-30(32,33)16-38/h8-9,11-13,19,23,26H,2-7,10,14-18H2,1H3,(H,34,36,37). The first-order valence-corrected chi connectivity index (χ1v) is 15.3. The predicted octanol–water partition coefficient (Wildman–Crippen LogP) is 5.48. The summed E-state index contributed by atoms with van der Waals surface area (Å²) in [5.74, 6) is -1.04. The van der Waals surface area contributed by atoms with Crippen LogP contribution in [0.5, 0.6) is 0 Å². The summed E-state index contributed by atoms with van der Waals surface area (Å²) in [6.07, 6.45) is 11.1. The maximum Gasteiger partial charge on any atom is 0.272 e. The first kappa shape index (κ1) is 26.2. The van der Waals surface area contributed by atoms with Crippen LogP contribution in [0.4, 0.5) is 20.4 Å². The first-order valence-electron chi connectivity index (χ1n) is 14.9. The monoisotopic (exact) mass is 583 g/mol. The number of benzene rings is 1. The van der Waals surface area contributed by atoms with Gasteiger partial charge in [-0.15, -0.1) is 0 Å². The topological polar surface area (TPSA) is 71.3 Å². The van der Waals surface area contributed by atoms with Crippen molar-refractivity contribution >= 4 is 34.1 Å². The third-order valence-corrected chi connectivity index (χ3v) is 11.0. The Kier molecular flexibility index (Phi) is 5.95. The Balaban J connectivity index is 0.929. The molecule has 0 bridgehead atoms. The van der Waals surface area contributed by atoms with Gasteiger partial charge in [-0.05, 0) is 87.1 Å². The van der Waals surface area contributed by atoms with Gasteiger partial charge in [0.05, 0.1) is 55.3 Å². The van der Waals surface area contributed by atoms with E-state index in [2.05, 4.69) is 33.3 Å². The van der Waals surface area contributed by atoms with Crippen molar-refractivity contribution in [3.8, 4) is 0 Å². The van der Waals surface area contributed by atoms with E-state index in [-0.39, 0.29) is 24.0 Å². The highest BCUT2D eigenvalue weighted by molar-refractivity contribution is 6.32. The van der Waals surface area contributed by atoms with Crippen LogP contribution in [0.3, 0.4) is 0 Å². The predicted molar refractivity (Wildman–Crippen MR) is 153 cm³/mol. The van der Waals surface area contributed by atoms with Crippen molar-refractivity contribution in [1.82, 2.24) is 29.5 Å². The molecule has 0 radical (unpaired) electrons. The van der Waals surface area contributed by atoms with E-state index >= 15 is 0 Å². The molecule has 2 saturated carbocycles. The summed E-state index contributed by atoms with van der Waals surface area (Å²) in [6.45, 7) is 6.66. The van der Waals surface area contributed by atoms with E-state index in [0.717, 1.165) is 86.6 Å². The van der Waals surface area contributed by atoms with Crippen molar-refractivity contribution in [1.29, 1.82) is 0 Å². The van der Waals surface area contributed by atoms with Crippen LogP contribution in [0.1, 0.15) is 56.6 Å². The molecule has 0 amide bonds. The second-order valence-electron chi connectivity index (χ2n) is 13.5. The van der Waals surface area contributed by atoms with Crippen molar-refractivity contribution < 1.29 is 13.5 Å². The Morgan fingerprint density at radius 1 is 1.12 bits per heavy atom. The summed E-state index contributed by atoms with van der Waals surface area (Å²) in [4.78, 5) is 13.8. The van der Waals surface area contributed by atoms with E-state index in [1.807, 2.05) is 34.2 Å². The van der Waals surface area contributed by atoms with Gasteiger partial charge in [-0.1, -0.05) is 11.6 Å². The van der Waals surface area contributed by atoms with Gasteiger partial charge < -0.3 is 10.1 Å². The number of piperidine rings is 1. The van der Waals surface area contributed by atoms with Gasteiger partial charge in [0.1, 0.15) is 0 Å². The Morgan fingerprint density at radius 2 is 1.93 bits per heavy atom. The Bertz CT molecular complexity index is 1480. The molecule has 218 valence electrons. The van der Waals surface area contributed by atoms with Gasteiger partial charge in [0.25, 0.3) is 5.92 Å². The van der Waals surface area contributed by atoms with Crippen molar-refractivity contribution in [2.24, 2.45) is 11.3 Å². The average molecular weight is 584 g/mol. The molecule has 8 rings (SSSR count). The molecule has 5 aliphatic rings. The minimum Gasteiger partial charge on any atom is -0.377 e. The number of hydrogen-bond acceptors (Lipinski definition) is 7. The fourth-order valence-electron chi connectivity index (χ4n) is 8.14. The summed E-state index contributed by atoms with van der Waals surface area (Å²) >= 11 is 6.76. The third-order valence-electron chi connectivity index (χ3n) is 10.7. The molecule has 1 N–H and O–H groups in total. The molecule has 3 atom stereocenters. The maximum absolute atomic E-state index is 13.3. The van der Waals surface area contributed by atoms with Crippen LogP contribution in [-0.2, 0) is 4.74 Å². The van der Waals surface area contributed by atoms with Gasteiger partial charge >= 0.3 is 0 Å². The van der Waals surface area contributed by atoms with Crippen LogP contribution in [-0.4, -0.2) is 86.9 Å². The summed E-state index contributed by atoms with van der Waals surface area (Å²) in [7, 11) is 0. The van der Waals surface area contributed by atoms with Gasteiger partial charge in [-0.3, -0.25) is 14.5 Å². The normalized spacial score (nSPS) is 31.0. The van der Waals surface area contributed by atoms with Gasteiger partial charge in [-0.25, -0.2) is 18.7 Å². The molecule has 3 unspecified atom stereocenters. The average Bonchev–Trinajstić information content (AvgIpc) is 3.37. The van der Waals surface area contributed by atoms with E-state index < -0.39 is 5.92 Å². The van der Waals surface area contributed by atoms with Crippen LogP contribution < -0.4 is 5.32 Å². The number of halogens is 3. The maximum atomic E-state index is 13.3. The minimum absolute atomic E-state index is 0.0873. The lowest BCUT2D eigenvalue weighted by Gasteiger charge is -2.65. The van der Waals surface area contributed by atoms with Gasteiger partial charge in [0.2, 0.25) is 5.95 Å². The zero-order valence-corrected chi connectivity index (χ0v) is 24.1. The Morgan fingerprint density at radius 3 is 2.59 bits per heavy atom. The minimum atomic E-state index is -2.50. The Labute approximate surface area is 243 Å². The molecule has 41 heavy (non-hydrogen) atoms. The van der Waals surface area contributed by atoms with Gasteiger partial charge in [0.15, 0.2) is 0 Å². The largest absolute Gasteiger partial charge is 0.377 e. The quantitative estimate of drug-likeness (QED) is 0.395. The number of fused-ring (bicyclic) bond motifs is 2. The summed E-state index contributed by atoms with van der Waals surface area (Å²) in [6, 6.07) is 4.46. The van der Waals surface area contributed by atoms with Crippen LogP contribution >= 0.6 is 11.6 Å². The lowest BCUT2D eigenvalue weighted by Crippen LogP contribution is -2.66. The SMILES string of the molecule is CC1(N2CCC(c3cc4nc(Nc5cnn(C6CC7(CN8CC(F)(F)C8)CCC67)c5)ncc4cc3Cl)CC2)COC1. The molecule has 3 aromatic rings. The fraction of sp³-hybridized carbons (Fsp3) is 0.633. The molecule has 1 aromatic carbocycles. The van der Waals surface area contributed by atoms with E-state index in [1.165, 1.54) is 5.56 Å². The molecule has 0 spiro atoms. The molecular weight excluding hydrogens is 548 g/mol. The van der Waals surface area contributed by atoms with Crippen molar-refractivity contribution in [2.45, 2.75) is 62.4 Å². The van der Waals surface area contributed by atoms with Gasteiger partial charge in [0, 0.05) is 29.3 Å². The lowest BCUT2D eigenvalue weighted by atomic mass is 9.45. The highest BCUT2D eigenvalue weighted by Gasteiger charge is 2.62. The lowest BCUT2D eigenvalue weighted by molar-refractivity contribution is -0.193. The summed E-state index contributed by atoms with van der Waals surface area (Å²) in [5.41, 5.74) is 3.28. The second kappa shape index (κ2) is 9.30. The van der Waals surface area contributed by atoms with Crippen LogP contribution in [0.25, 0.3) is 10.9 Å². The Hall–Kier alpha value is -2.40. The number of nitrogens with one attached hydrogen (secondary N) is 1. The van der Waals surface area contributed by atoms with Crippen LogP contribution in [0, 0.1) is 11.3 Å². The molecular formula is C30H36ClF2N7O. The van der Waals surface area contributed by atoms with Crippen molar-refractivity contribution in [2.75, 3.05) is 51.3 Å². The zero-order chi connectivity index (χ0) is 28.0. The highest BCUT2D eigenvalue weighted by atomic mass is 35.5. The molecule has 11 heteroatoms. The molecule has 2 aliphatic carbocycles. The third kappa shape index (κ3) is 4.44. The zero-order valence-electron chi connectivity index (χ0n) is 23.3. The number of rotatable bonds is 7. The summed E-state index contributed by atoms with van der Waals surface area (Å²) in [5, 5.41) is 9.68. The number of likely N-dealkylation sites (tertiary alicyclic amines) is 2. The van der Waals surface area contributed by atoms with Crippen LogP contribution in [0.15, 0.2) is 30.7 Å². The van der Waals surface area contributed by atoms with E-state index in [4.69, 9.17) is 21.3 Å². The molecule has 8 nitrogen and oxygen atoms in total. The fourth-order valence-corrected chi connectivity index (χ4v) is 8.47. The highest BCUT2D eigenvalue weighted by Crippen LogP contribution is 2.66. The molecule has 3 aliphatic heterocycles. The van der Waals surface area contributed by atoms with Crippen molar-refractivity contribution in [3.05, 3.63) is 41.3 Å². The smallest absolute Gasteiger partial charge is 0.272 e. The first-order chi connectivity index (χ1) is 19.7. The molecule has 5 fully saturated rings. The number of nitrogens with zero attached hydrogens (tertiary/aromatic N) is 6. The molecule has 2 aromatic heterocycles.